The van der Waals surface area contributed by atoms with Crippen molar-refractivity contribution in [2.45, 2.75) is 71.7 Å². The van der Waals surface area contributed by atoms with Gasteiger partial charge in [-0.15, -0.1) is 0 Å². The lowest BCUT2D eigenvalue weighted by Crippen LogP contribution is -2.51. The highest BCUT2D eigenvalue weighted by atomic mass is 28.4. The van der Waals surface area contributed by atoms with E-state index in [1.165, 1.54) is 0 Å². The predicted octanol–water partition coefficient (Wildman–Crippen LogP) is 4.00. The first kappa shape index (κ1) is 20.8. The van der Waals surface area contributed by atoms with Crippen LogP contribution in [0.25, 0.3) is 0 Å². The first-order valence-corrected chi connectivity index (χ1v) is 15.4. The molecule has 0 saturated carbocycles. The second-order valence-electron chi connectivity index (χ2n) is 6.83. The zero-order valence-corrected chi connectivity index (χ0v) is 17.8. The van der Waals surface area contributed by atoms with Crippen LogP contribution in [-0.4, -0.2) is 37.6 Å². The zero-order valence-electron chi connectivity index (χ0n) is 14.8. The molecule has 0 aliphatic rings. The van der Waals surface area contributed by atoms with Crippen LogP contribution in [0, 0.1) is 0 Å². The number of hydrogen-bond donors (Lipinski definition) is 0. The highest BCUT2D eigenvalue weighted by molar-refractivity contribution is 6.81. The quantitative estimate of drug-likeness (QED) is 0.359. The van der Waals surface area contributed by atoms with Crippen molar-refractivity contribution in [2.24, 2.45) is 0 Å². The van der Waals surface area contributed by atoms with Gasteiger partial charge in [0.1, 0.15) is 5.73 Å². The number of rotatable bonds is 9. The van der Waals surface area contributed by atoms with E-state index in [1.54, 1.807) is 6.92 Å². The minimum Gasteiger partial charge on any atom is -0.457 e. The van der Waals surface area contributed by atoms with Gasteiger partial charge in [-0.25, -0.2) is 4.79 Å². The molecule has 7 heteroatoms. The van der Waals surface area contributed by atoms with Crippen LogP contribution in [0.2, 0.25) is 38.8 Å². The van der Waals surface area contributed by atoms with Crippen LogP contribution < -0.4 is 0 Å². The highest BCUT2D eigenvalue weighted by Gasteiger charge is 2.39. The molecule has 0 saturated heterocycles. The maximum Gasteiger partial charge on any atom is 0.407 e. The largest absolute Gasteiger partial charge is 0.457 e. The smallest absolute Gasteiger partial charge is 0.407 e. The highest BCUT2D eigenvalue weighted by Crippen LogP contribution is 2.20. The molecule has 21 heavy (non-hydrogen) atoms. The number of hydrogen-bond acceptors (Lipinski definition) is 4. The Balaban J connectivity index is 5.13. The van der Waals surface area contributed by atoms with E-state index in [2.05, 4.69) is 46.2 Å². The van der Waals surface area contributed by atoms with E-state index >= 15 is 0 Å². The van der Waals surface area contributed by atoms with Crippen molar-refractivity contribution in [1.82, 2.24) is 0 Å². The van der Waals surface area contributed by atoms with E-state index in [0.717, 1.165) is 6.04 Å². The molecule has 1 radical (unpaired) electrons. The topological polar surface area (TPSA) is 44.8 Å². The van der Waals surface area contributed by atoms with E-state index in [-0.39, 0.29) is 11.7 Å². The van der Waals surface area contributed by atoms with Crippen molar-refractivity contribution in [1.29, 1.82) is 0 Å². The fourth-order valence-electron chi connectivity index (χ4n) is 1.33. The number of carbonyl (C=O) groups is 1. The summed E-state index contributed by atoms with van der Waals surface area (Å²) in [5.41, 5.74) is 0.124. The molecule has 0 N–H and O–H groups in total. The Morgan fingerprint density at radius 1 is 1.14 bits per heavy atom. The molecule has 0 aromatic rings. The molecule has 0 heterocycles. The Bertz CT molecular complexity index is 364. The van der Waals surface area contributed by atoms with Crippen LogP contribution in [0.4, 0.5) is 0 Å². The summed E-state index contributed by atoms with van der Waals surface area (Å²) < 4.78 is 18.2. The van der Waals surface area contributed by atoms with Crippen LogP contribution >= 0.6 is 0 Å². The zero-order chi connectivity index (χ0) is 16.8. The van der Waals surface area contributed by atoms with Gasteiger partial charge in [-0.2, -0.15) is 0 Å². The maximum atomic E-state index is 11.8. The average molecular weight is 348 g/mol. The molecule has 0 aliphatic heterocycles. The van der Waals surface area contributed by atoms with Crippen molar-refractivity contribution < 1.29 is 17.8 Å². The molecular weight excluding hydrogens is 316 g/mol. The summed E-state index contributed by atoms with van der Waals surface area (Å²) in [4.78, 5) is 11.8. The molecule has 0 rings (SSSR count). The first-order valence-electron chi connectivity index (χ1n) is 7.53. The summed E-state index contributed by atoms with van der Waals surface area (Å²) in [5.74, 6) is -0.358. The van der Waals surface area contributed by atoms with Gasteiger partial charge < -0.3 is 13.0 Å². The Labute approximate surface area is 134 Å². The standard InChI is InChI=1S/C14H31O4Si3/c1-10-13(16-14(15)12(3)4)19(17-20(5,6)7)18-21(8,9)11-2/h13H,3,10-11H2,1-2,4-9H3. The molecule has 0 amide bonds. The van der Waals surface area contributed by atoms with E-state index < -0.39 is 25.9 Å². The lowest BCUT2D eigenvalue weighted by atomic mass is 10.4. The van der Waals surface area contributed by atoms with E-state index in [9.17, 15) is 4.79 Å². The van der Waals surface area contributed by atoms with Gasteiger partial charge >= 0.3 is 15.3 Å². The molecule has 0 bridgehead atoms. The summed E-state index contributed by atoms with van der Waals surface area (Å²) in [6.07, 6.45) is 0.700. The van der Waals surface area contributed by atoms with Crippen molar-refractivity contribution in [3.05, 3.63) is 12.2 Å². The van der Waals surface area contributed by atoms with Crippen LogP contribution in [-0.2, 0) is 17.8 Å². The van der Waals surface area contributed by atoms with Gasteiger partial charge in [-0.05, 0) is 52.1 Å². The van der Waals surface area contributed by atoms with E-state index in [4.69, 9.17) is 13.0 Å². The summed E-state index contributed by atoms with van der Waals surface area (Å²) in [7, 11) is -5.18. The third kappa shape index (κ3) is 8.72. The van der Waals surface area contributed by atoms with Gasteiger partial charge in [0.2, 0.25) is 0 Å². The molecular formula is C14H31O4Si3. The average Bonchev–Trinajstić information content (AvgIpc) is 2.32. The van der Waals surface area contributed by atoms with Crippen molar-refractivity contribution in [3.63, 3.8) is 0 Å². The molecule has 4 nitrogen and oxygen atoms in total. The Morgan fingerprint density at radius 2 is 1.67 bits per heavy atom. The third-order valence-electron chi connectivity index (χ3n) is 2.87. The van der Waals surface area contributed by atoms with Gasteiger partial charge in [0, 0.05) is 5.57 Å². The summed E-state index contributed by atoms with van der Waals surface area (Å²) in [5, 5.41) is 0. The van der Waals surface area contributed by atoms with Gasteiger partial charge in [-0.3, -0.25) is 0 Å². The lowest BCUT2D eigenvalue weighted by Gasteiger charge is -2.34. The fraction of sp³-hybridized carbons (Fsp3) is 0.786. The summed E-state index contributed by atoms with van der Waals surface area (Å²) in [6.45, 7) is 20.2. The number of ether oxygens (including phenoxy) is 1. The summed E-state index contributed by atoms with van der Waals surface area (Å²) in [6, 6.07) is 1.01. The molecule has 0 aromatic heterocycles. The molecule has 0 fully saturated rings. The first-order chi connectivity index (χ1) is 9.41. The van der Waals surface area contributed by atoms with Gasteiger partial charge in [0.05, 0.1) is 0 Å². The molecule has 1 unspecified atom stereocenters. The SMILES string of the molecule is C=C(C)C(=O)OC(CC)[Si](O[Si](C)(C)C)O[Si](C)(C)CC. The van der Waals surface area contributed by atoms with Crippen molar-refractivity contribution in [2.75, 3.05) is 0 Å². The van der Waals surface area contributed by atoms with Gasteiger partial charge in [0.15, 0.2) is 16.6 Å². The van der Waals surface area contributed by atoms with Crippen LogP contribution in [0.5, 0.6) is 0 Å². The monoisotopic (exact) mass is 347 g/mol. The summed E-state index contributed by atoms with van der Waals surface area (Å²) >= 11 is 0. The van der Waals surface area contributed by atoms with Crippen LogP contribution in [0.3, 0.4) is 0 Å². The van der Waals surface area contributed by atoms with Gasteiger partial charge in [-0.1, -0.05) is 20.4 Å². The lowest BCUT2D eigenvalue weighted by molar-refractivity contribution is -0.141. The third-order valence-corrected chi connectivity index (χ3v) is 11.9. The Hall–Kier alpha value is -0.219. The normalized spacial score (nSPS) is 14.1. The minimum absolute atomic E-state index is 0.288. The van der Waals surface area contributed by atoms with Crippen LogP contribution in [0.1, 0.15) is 27.2 Å². The second kappa shape index (κ2) is 8.42. The molecule has 1 atom stereocenters. The second-order valence-corrected chi connectivity index (χ2v) is 18.2. The molecule has 0 spiro atoms. The number of carbonyl (C=O) groups excluding carboxylic acids is 1. The van der Waals surface area contributed by atoms with Crippen LogP contribution in [0.15, 0.2) is 12.2 Å². The Kier molecular flexibility index (Phi) is 8.33. The minimum atomic E-state index is -1.77. The fourth-order valence-corrected chi connectivity index (χ4v) is 8.63. The van der Waals surface area contributed by atoms with Gasteiger partial charge in [0.25, 0.3) is 0 Å². The Morgan fingerprint density at radius 3 is 2.00 bits per heavy atom. The molecule has 0 aromatic carbocycles. The maximum absolute atomic E-state index is 11.8. The van der Waals surface area contributed by atoms with E-state index in [0.29, 0.717) is 12.0 Å². The van der Waals surface area contributed by atoms with Crippen molar-refractivity contribution >= 4 is 31.9 Å². The molecule has 0 aliphatic carbocycles. The van der Waals surface area contributed by atoms with E-state index in [1.807, 2.05) is 6.92 Å². The number of esters is 1. The molecule has 123 valence electrons. The predicted molar refractivity (Wildman–Crippen MR) is 94.2 cm³/mol. The van der Waals surface area contributed by atoms with Crippen molar-refractivity contribution in [3.8, 4) is 0 Å².